The largest absolute Gasteiger partial charge is 0.297 e. The molecule has 0 amide bonds. The molecule has 0 aromatic carbocycles. The van der Waals surface area contributed by atoms with Crippen molar-refractivity contribution in [3.63, 3.8) is 0 Å². The fourth-order valence-corrected chi connectivity index (χ4v) is 2.42. The Morgan fingerprint density at radius 3 is 2.46 bits per heavy atom. The van der Waals surface area contributed by atoms with Crippen LogP contribution in [0.25, 0.3) is 0 Å². The van der Waals surface area contributed by atoms with Gasteiger partial charge in [0.15, 0.2) is 0 Å². The van der Waals surface area contributed by atoms with Crippen molar-refractivity contribution in [3.8, 4) is 0 Å². The van der Waals surface area contributed by atoms with Gasteiger partial charge in [0.2, 0.25) is 0 Å². The van der Waals surface area contributed by atoms with E-state index in [-0.39, 0.29) is 0 Å². The number of alkyl halides is 1. The summed E-state index contributed by atoms with van der Waals surface area (Å²) in [5.41, 5.74) is 0.356. The predicted octanol–water partition coefficient (Wildman–Crippen LogP) is 3.28. The van der Waals surface area contributed by atoms with E-state index in [2.05, 4.69) is 48.5 Å². The van der Waals surface area contributed by atoms with Gasteiger partial charge in [-0.3, -0.25) is 4.90 Å². The van der Waals surface area contributed by atoms with E-state index in [0.29, 0.717) is 10.4 Å². The standard InChI is InChI=1S/C11H22BrN/c1-9(2)5-7-13-8-6-10(12)11(13,3)4/h9-10H,5-8H2,1-4H3. The van der Waals surface area contributed by atoms with Gasteiger partial charge in [-0.2, -0.15) is 0 Å². The minimum Gasteiger partial charge on any atom is -0.297 e. The average molecular weight is 248 g/mol. The van der Waals surface area contributed by atoms with Crippen molar-refractivity contribution in [2.75, 3.05) is 13.1 Å². The molecule has 1 heterocycles. The molecular formula is C11H22BrN. The maximum absolute atomic E-state index is 3.77. The van der Waals surface area contributed by atoms with E-state index in [1.165, 1.54) is 25.9 Å². The number of nitrogens with zero attached hydrogens (tertiary/aromatic N) is 1. The molecule has 1 aliphatic heterocycles. The number of hydrogen-bond acceptors (Lipinski definition) is 1. The molecule has 0 radical (unpaired) electrons. The van der Waals surface area contributed by atoms with E-state index in [1.54, 1.807) is 0 Å². The van der Waals surface area contributed by atoms with E-state index in [9.17, 15) is 0 Å². The molecule has 0 saturated carbocycles. The van der Waals surface area contributed by atoms with E-state index < -0.39 is 0 Å². The van der Waals surface area contributed by atoms with Gasteiger partial charge in [-0.1, -0.05) is 29.8 Å². The molecule has 0 aliphatic carbocycles. The molecule has 13 heavy (non-hydrogen) atoms. The van der Waals surface area contributed by atoms with Gasteiger partial charge in [0.25, 0.3) is 0 Å². The minimum absolute atomic E-state index is 0.356. The molecule has 1 aliphatic rings. The second-order valence-electron chi connectivity index (χ2n) is 5.08. The first-order valence-electron chi connectivity index (χ1n) is 5.33. The smallest absolute Gasteiger partial charge is 0.0336 e. The van der Waals surface area contributed by atoms with Gasteiger partial charge < -0.3 is 0 Å². The zero-order valence-electron chi connectivity index (χ0n) is 9.31. The van der Waals surface area contributed by atoms with Crippen LogP contribution in [-0.2, 0) is 0 Å². The van der Waals surface area contributed by atoms with Crippen molar-refractivity contribution in [1.82, 2.24) is 4.90 Å². The summed E-state index contributed by atoms with van der Waals surface area (Å²) in [6.45, 7) is 11.8. The summed E-state index contributed by atoms with van der Waals surface area (Å²) >= 11 is 3.77. The lowest BCUT2D eigenvalue weighted by Gasteiger charge is -2.34. The first-order chi connectivity index (χ1) is 5.94. The highest BCUT2D eigenvalue weighted by Gasteiger charge is 2.38. The van der Waals surface area contributed by atoms with Gasteiger partial charge in [0, 0.05) is 10.4 Å². The minimum atomic E-state index is 0.356. The van der Waals surface area contributed by atoms with Crippen LogP contribution >= 0.6 is 15.9 Å². The predicted molar refractivity (Wildman–Crippen MR) is 62.4 cm³/mol. The Labute approximate surface area is 91.0 Å². The Balaban J connectivity index is 2.43. The highest BCUT2D eigenvalue weighted by molar-refractivity contribution is 9.09. The molecule has 0 aromatic rings. The molecule has 1 unspecified atom stereocenters. The van der Waals surface area contributed by atoms with Crippen LogP contribution in [0.4, 0.5) is 0 Å². The van der Waals surface area contributed by atoms with Crippen LogP contribution in [0.15, 0.2) is 0 Å². The highest BCUT2D eigenvalue weighted by atomic mass is 79.9. The first kappa shape index (κ1) is 11.5. The van der Waals surface area contributed by atoms with Crippen LogP contribution in [0.3, 0.4) is 0 Å². The first-order valence-corrected chi connectivity index (χ1v) is 6.25. The zero-order valence-corrected chi connectivity index (χ0v) is 10.9. The van der Waals surface area contributed by atoms with Gasteiger partial charge in [-0.25, -0.2) is 0 Å². The Bertz CT molecular complexity index is 165. The third-order valence-electron chi connectivity index (χ3n) is 3.21. The van der Waals surface area contributed by atoms with Crippen molar-refractivity contribution in [2.24, 2.45) is 5.92 Å². The molecule has 0 spiro atoms. The van der Waals surface area contributed by atoms with Crippen LogP contribution in [0, 0.1) is 5.92 Å². The fraction of sp³-hybridized carbons (Fsp3) is 1.00. The Morgan fingerprint density at radius 2 is 2.08 bits per heavy atom. The summed E-state index contributed by atoms with van der Waals surface area (Å²) in [5, 5.41) is 0. The monoisotopic (exact) mass is 247 g/mol. The van der Waals surface area contributed by atoms with Gasteiger partial charge >= 0.3 is 0 Å². The van der Waals surface area contributed by atoms with Crippen molar-refractivity contribution >= 4 is 15.9 Å². The molecule has 0 aromatic heterocycles. The Hall–Kier alpha value is 0.440. The van der Waals surface area contributed by atoms with Crippen molar-refractivity contribution < 1.29 is 0 Å². The van der Waals surface area contributed by atoms with Gasteiger partial charge in [0.1, 0.15) is 0 Å². The molecule has 1 rings (SSSR count). The van der Waals surface area contributed by atoms with Crippen molar-refractivity contribution in [3.05, 3.63) is 0 Å². The van der Waals surface area contributed by atoms with Gasteiger partial charge in [0.05, 0.1) is 0 Å². The third-order valence-corrected chi connectivity index (χ3v) is 4.79. The molecule has 1 nitrogen and oxygen atoms in total. The van der Waals surface area contributed by atoms with Gasteiger partial charge in [-0.15, -0.1) is 0 Å². The van der Waals surface area contributed by atoms with E-state index in [4.69, 9.17) is 0 Å². The number of hydrogen-bond donors (Lipinski definition) is 0. The Morgan fingerprint density at radius 1 is 1.46 bits per heavy atom. The average Bonchev–Trinajstić information content (AvgIpc) is 2.25. The number of halogens is 1. The topological polar surface area (TPSA) is 3.24 Å². The fourth-order valence-electron chi connectivity index (χ4n) is 1.92. The van der Waals surface area contributed by atoms with E-state index in [0.717, 1.165) is 5.92 Å². The summed E-state index contributed by atoms with van der Waals surface area (Å²) in [5.74, 6) is 0.824. The highest BCUT2D eigenvalue weighted by Crippen LogP contribution is 2.34. The van der Waals surface area contributed by atoms with Crippen LogP contribution in [0.1, 0.15) is 40.5 Å². The second kappa shape index (κ2) is 4.31. The molecular weight excluding hydrogens is 226 g/mol. The summed E-state index contributed by atoms with van der Waals surface area (Å²) in [6.07, 6.45) is 2.62. The lowest BCUT2D eigenvalue weighted by Crippen LogP contribution is -2.43. The van der Waals surface area contributed by atoms with Crippen LogP contribution in [0.5, 0.6) is 0 Å². The zero-order chi connectivity index (χ0) is 10.1. The Kier molecular flexibility index (Phi) is 3.82. The molecule has 0 N–H and O–H groups in total. The van der Waals surface area contributed by atoms with Crippen LogP contribution in [0.2, 0.25) is 0 Å². The second-order valence-corrected chi connectivity index (χ2v) is 6.18. The van der Waals surface area contributed by atoms with E-state index in [1.807, 2.05) is 0 Å². The number of likely N-dealkylation sites (tertiary alicyclic amines) is 1. The van der Waals surface area contributed by atoms with E-state index >= 15 is 0 Å². The summed E-state index contributed by atoms with van der Waals surface area (Å²) < 4.78 is 0. The summed E-state index contributed by atoms with van der Waals surface area (Å²) in [4.78, 5) is 3.29. The van der Waals surface area contributed by atoms with Crippen molar-refractivity contribution in [2.45, 2.75) is 50.9 Å². The lowest BCUT2D eigenvalue weighted by molar-refractivity contribution is 0.170. The molecule has 2 heteroatoms. The summed E-state index contributed by atoms with van der Waals surface area (Å²) in [7, 11) is 0. The van der Waals surface area contributed by atoms with Crippen molar-refractivity contribution in [1.29, 1.82) is 0 Å². The molecule has 78 valence electrons. The lowest BCUT2D eigenvalue weighted by atomic mass is 10.0. The SMILES string of the molecule is CC(C)CCN1CCC(Br)C1(C)C. The summed E-state index contributed by atoms with van der Waals surface area (Å²) in [6, 6.07) is 0. The molecule has 1 atom stereocenters. The third kappa shape index (κ3) is 2.69. The molecule has 0 bridgehead atoms. The van der Waals surface area contributed by atoms with Gasteiger partial charge in [-0.05, 0) is 45.7 Å². The normalized spacial score (nSPS) is 28.6. The maximum atomic E-state index is 3.77. The van der Waals surface area contributed by atoms with Crippen LogP contribution < -0.4 is 0 Å². The van der Waals surface area contributed by atoms with Crippen LogP contribution in [-0.4, -0.2) is 28.4 Å². The quantitative estimate of drug-likeness (QED) is 0.693. The number of rotatable bonds is 3. The molecule has 1 fully saturated rings. The molecule has 1 saturated heterocycles. The maximum Gasteiger partial charge on any atom is 0.0336 e.